The fourth-order valence-corrected chi connectivity index (χ4v) is 8.60. The number of unbranched alkanes of at least 4 members (excludes halogenated alkanes) is 31. The van der Waals surface area contributed by atoms with Crippen LogP contribution in [0.2, 0.25) is 0 Å². The van der Waals surface area contributed by atoms with Gasteiger partial charge in [-0.3, -0.25) is 9.36 Å². The highest BCUT2D eigenvalue weighted by atomic mass is 31.2. The number of carbonyl (C=O) groups is 1. The van der Waals surface area contributed by atoms with E-state index in [1.807, 2.05) is 27.2 Å². The number of hydrogen-bond acceptors (Lipinski definition) is 6. The summed E-state index contributed by atoms with van der Waals surface area (Å²) < 4.78 is 23.2. The highest BCUT2D eigenvalue weighted by Crippen LogP contribution is 2.38. The Hall–Kier alpha value is -1.54. The van der Waals surface area contributed by atoms with Gasteiger partial charge in [-0.05, 0) is 64.2 Å². The number of amides is 1. The Balaban J connectivity index is 4.14. The zero-order valence-corrected chi connectivity index (χ0v) is 44.3. The molecule has 0 aromatic heterocycles. The molecule has 0 radical (unpaired) electrons. The smallest absolute Gasteiger partial charge is 0.268 e. The van der Waals surface area contributed by atoms with Crippen LogP contribution in [0.15, 0.2) is 48.6 Å². The summed E-state index contributed by atoms with van der Waals surface area (Å²) in [5.41, 5.74) is 0. The number of nitrogens with zero attached hydrogens (tertiary/aromatic N) is 1. The molecule has 65 heavy (non-hydrogen) atoms. The van der Waals surface area contributed by atoms with Gasteiger partial charge in [0.2, 0.25) is 5.91 Å². The van der Waals surface area contributed by atoms with Gasteiger partial charge < -0.3 is 28.8 Å². The van der Waals surface area contributed by atoms with E-state index in [2.05, 4.69) is 55.6 Å². The van der Waals surface area contributed by atoms with E-state index in [4.69, 9.17) is 9.05 Å². The van der Waals surface area contributed by atoms with Gasteiger partial charge in [0.05, 0.1) is 39.9 Å². The number of nitrogens with one attached hydrogen (secondary N) is 1. The molecule has 0 heterocycles. The van der Waals surface area contributed by atoms with Crippen LogP contribution >= 0.6 is 7.82 Å². The van der Waals surface area contributed by atoms with E-state index < -0.39 is 26.6 Å². The largest absolute Gasteiger partial charge is 0.756 e. The lowest BCUT2D eigenvalue weighted by Gasteiger charge is -2.29. The fraction of sp³-hybridized carbons (Fsp3) is 0.839. The predicted molar refractivity (Wildman–Crippen MR) is 279 cm³/mol. The molecule has 0 aromatic rings. The molecule has 9 heteroatoms. The van der Waals surface area contributed by atoms with Crippen molar-refractivity contribution in [1.29, 1.82) is 0 Å². The Labute approximate surface area is 403 Å². The van der Waals surface area contributed by atoms with Crippen molar-refractivity contribution in [3.63, 3.8) is 0 Å². The monoisotopic (exact) mass is 935 g/mol. The van der Waals surface area contributed by atoms with Gasteiger partial charge in [0.25, 0.3) is 7.82 Å². The lowest BCUT2D eigenvalue weighted by atomic mass is 10.0. The standard InChI is InChI=1S/C56H107N2O6P/c1-6-8-10-12-14-16-18-19-20-21-22-23-24-25-26-27-28-29-30-31-32-33-34-35-36-37-38-40-41-43-45-47-49-55(59)54(53-64-65(61,62)63-52-51-58(3,4)5)57-56(60)50-48-46-44-42-39-17-15-13-11-9-7-2/h13,15,35-36,40-41,47,49,54-55,59H,6-12,14,16-34,37-39,42-46,48,50-53H2,1-5H3,(H-,57,60,61,62)/b15-13-,36-35+,41-40+,49-47+. The minimum absolute atomic E-state index is 0.0115. The maximum Gasteiger partial charge on any atom is 0.268 e. The summed E-state index contributed by atoms with van der Waals surface area (Å²) in [6.45, 7) is 4.58. The number of allylic oxidation sites excluding steroid dienone is 7. The summed E-state index contributed by atoms with van der Waals surface area (Å²) in [6.07, 6.45) is 62.2. The van der Waals surface area contributed by atoms with Gasteiger partial charge in [-0.1, -0.05) is 229 Å². The molecule has 0 spiro atoms. The van der Waals surface area contributed by atoms with Crippen molar-refractivity contribution < 1.29 is 32.9 Å². The first-order chi connectivity index (χ1) is 31.5. The van der Waals surface area contributed by atoms with Crippen molar-refractivity contribution in [3.05, 3.63) is 48.6 Å². The number of aliphatic hydroxyl groups excluding tert-OH is 1. The molecule has 3 atom stereocenters. The van der Waals surface area contributed by atoms with E-state index in [1.165, 1.54) is 161 Å². The van der Waals surface area contributed by atoms with Crippen molar-refractivity contribution in [1.82, 2.24) is 5.32 Å². The van der Waals surface area contributed by atoms with E-state index >= 15 is 0 Å². The SMILES string of the molecule is CCCC/C=C\CCCCCCCC(=O)NC(COP(=O)([O-])OCC[N+](C)(C)C)C(O)/C=C/CC/C=C/CC/C=C/CCCCCCCCCCCCCCCCCCCCCCCC. The molecule has 0 saturated carbocycles. The van der Waals surface area contributed by atoms with Crippen LogP contribution in [0.25, 0.3) is 0 Å². The lowest BCUT2D eigenvalue weighted by molar-refractivity contribution is -0.870. The number of carbonyl (C=O) groups excluding carboxylic acids is 1. The normalized spacial score (nSPS) is 14.4. The fourth-order valence-electron chi connectivity index (χ4n) is 7.87. The van der Waals surface area contributed by atoms with Crippen LogP contribution in [0, 0.1) is 0 Å². The average Bonchev–Trinajstić information content (AvgIpc) is 3.26. The van der Waals surface area contributed by atoms with Gasteiger partial charge in [-0.25, -0.2) is 0 Å². The zero-order valence-electron chi connectivity index (χ0n) is 43.4. The van der Waals surface area contributed by atoms with Crippen molar-refractivity contribution in [3.8, 4) is 0 Å². The first-order valence-corrected chi connectivity index (χ1v) is 29.0. The van der Waals surface area contributed by atoms with E-state index in [0.29, 0.717) is 17.4 Å². The summed E-state index contributed by atoms with van der Waals surface area (Å²) in [5.74, 6) is -0.223. The topological polar surface area (TPSA) is 108 Å². The molecule has 0 aliphatic heterocycles. The molecular formula is C56H107N2O6P. The van der Waals surface area contributed by atoms with Crippen LogP contribution in [0.3, 0.4) is 0 Å². The number of likely N-dealkylation sites (N-methyl/N-ethyl adjacent to an activating group) is 1. The van der Waals surface area contributed by atoms with Gasteiger partial charge in [0.15, 0.2) is 0 Å². The summed E-state index contributed by atoms with van der Waals surface area (Å²) >= 11 is 0. The predicted octanol–water partition coefficient (Wildman–Crippen LogP) is 15.7. The minimum Gasteiger partial charge on any atom is -0.756 e. The second-order valence-electron chi connectivity index (χ2n) is 19.9. The third kappa shape index (κ3) is 50.2. The van der Waals surface area contributed by atoms with Crippen LogP contribution in [0.1, 0.15) is 251 Å². The summed E-state index contributed by atoms with van der Waals surface area (Å²) in [6, 6.07) is -0.914. The summed E-state index contributed by atoms with van der Waals surface area (Å²) in [4.78, 5) is 25.3. The summed E-state index contributed by atoms with van der Waals surface area (Å²) in [5, 5.41) is 13.8. The Morgan fingerprint density at radius 3 is 1.29 bits per heavy atom. The summed E-state index contributed by atoms with van der Waals surface area (Å²) in [7, 11) is 1.23. The number of aliphatic hydroxyl groups is 1. The first-order valence-electron chi connectivity index (χ1n) is 27.5. The highest BCUT2D eigenvalue weighted by molar-refractivity contribution is 7.45. The molecule has 0 fully saturated rings. The number of phosphoric acid groups is 1. The molecule has 8 nitrogen and oxygen atoms in total. The van der Waals surface area contributed by atoms with Crippen molar-refractivity contribution in [2.24, 2.45) is 0 Å². The molecule has 0 aromatic carbocycles. The van der Waals surface area contributed by atoms with Crippen LogP contribution in [0.4, 0.5) is 0 Å². The molecule has 2 N–H and O–H groups in total. The molecule has 382 valence electrons. The zero-order chi connectivity index (χ0) is 47.8. The van der Waals surface area contributed by atoms with Gasteiger partial charge in [0, 0.05) is 6.42 Å². The number of rotatable bonds is 50. The van der Waals surface area contributed by atoms with Gasteiger partial charge in [0.1, 0.15) is 13.2 Å². The minimum atomic E-state index is -4.60. The number of hydrogen-bond donors (Lipinski definition) is 2. The van der Waals surface area contributed by atoms with Crippen molar-refractivity contribution in [2.75, 3.05) is 40.9 Å². The van der Waals surface area contributed by atoms with Crippen LogP contribution < -0.4 is 10.2 Å². The third-order valence-electron chi connectivity index (χ3n) is 12.2. The second-order valence-corrected chi connectivity index (χ2v) is 21.3. The lowest BCUT2D eigenvalue weighted by Crippen LogP contribution is -2.45. The van der Waals surface area contributed by atoms with E-state index in [9.17, 15) is 19.4 Å². The second kappa shape index (κ2) is 47.5. The van der Waals surface area contributed by atoms with Gasteiger partial charge in [-0.15, -0.1) is 0 Å². The van der Waals surface area contributed by atoms with E-state index in [0.717, 1.165) is 70.6 Å². The molecule has 0 bridgehead atoms. The molecule has 0 saturated heterocycles. The Morgan fingerprint density at radius 2 is 0.877 bits per heavy atom. The van der Waals surface area contributed by atoms with Gasteiger partial charge >= 0.3 is 0 Å². The molecule has 1 amide bonds. The molecular weight excluding hydrogens is 828 g/mol. The third-order valence-corrected chi connectivity index (χ3v) is 13.2. The van der Waals surface area contributed by atoms with Crippen molar-refractivity contribution in [2.45, 2.75) is 264 Å². The maximum atomic E-state index is 12.8. The average molecular weight is 935 g/mol. The maximum absolute atomic E-state index is 12.8. The molecule has 0 rings (SSSR count). The van der Waals surface area contributed by atoms with Gasteiger partial charge in [-0.2, -0.15) is 0 Å². The quantitative estimate of drug-likeness (QED) is 0.0272. The van der Waals surface area contributed by atoms with Crippen LogP contribution in [-0.4, -0.2) is 68.5 Å². The van der Waals surface area contributed by atoms with E-state index in [-0.39, 0.29) is 12.5 Å². The first kappa shape index (κ1) is 63.5. The Kier molecular flexibility index (Phi) is 46.4. The van der Waals surface area contributed by atoms with Crippen LogP contribution in [-0.2, 0) is 18.4 Å². The van der Waals surface area contributed by atoms with E-state index in [1.54, 1.807) is 6.08 Å². The number of quaternary nitrogens is 1. The molecule has 3 unspecified atom stereocenters. The number of phosphoric ester groups is 1. The Morgan fingerprint density at radius 1 is 0.523 bits per heavy atom. The van der Waals surface area contributed by atoms with Crippen molar-refractivity contribution >= 4 is 13.7 Å². The van der Waals surface area contributed by atoms with Crippen LogP contribution in [0.5, 0.6) is 0 Å². The molecule has 0 aliphatic rings. The Bertz CT molecular complexity index is 1200. The highest BCUT2D eigenvalue weighted by Gasteiger charge is 2.23. The molecule has 0 aliphatic carbocycles.